The number of sulfonamides is 1. The average Bonchev–Trinajstić information content (AvgIpc) is 2.79. The third-order valence-electron chi connectivity index (χ3n) is 4.28. The number of piperazine rings is 1. The summed E-state index contributed by atoms with van der Waals surface area (Å²) in [6.45, 7) is 7.95. The number of hydrogen-bond donors (Lipinski definition) is 1. The smallest absolute Gasteiger partial charge is 0.219 e. The molecule has 0 aromatic carbocycles. The van der Waals surface area contributed by atoms with E-state index in [1.165, 1.54) is 0 Å². The van der Waals surface area contributed by atoms with E-state index < -0.39 is 10.0 Å². The maximum Gasteiger partial charge on any atom is 0.219 e. The van der Waals surface area contributed by atoms with E-state index in [9.17, 15) is 8.42 Å². The number of pyridine rings is 1. The van der Waals surface area contributed by atoms with Crippen molar-refractivity contribution in [3.63, 3.8) is 0 Å². The lowest BCUT2D eigenvalue weighted by Crippen LogP contribution is -2.50. The van der Waals surface area contributed by atoms with E-state index in [4.69, 9.17) is 4.74 Å². The van der Waals surface area contributed by atoms with Crippen molar-refractivity contribution in [2.75, 3.05) is 44.2 Å². The number of aromatic nitrogens is 1. The zero-order valence-corrected chi connectivity index (χ0v) is 14.5. The Labute approximate surface area is 137 Å². The van der Waals surface area contributed by atoms with Crippen molar-refractivity contribution in [1.29, 1.82) is 0 Å². The molecule has 1 aromatic heterocycles. The largest absolute Gasteiger partial charge is 0.476 e. The van der Waals surface area contributed by atoms with Crippen LogP contribution in [0.4, 0.5) is 5.82 Å². The molecule has 0 aliphatic carbocycles. The van der Waals surface area contributed by atoms with Crippen LogP contribution >= 0.6 is 0 Å². The van der Waals surface area contributed by atoms with Crippen molar-refractivity contribution in [1.82, 2.24) is 14.6 Å². The molecular weight excluding hydrogens is 316 g/mol. The standard InChI is InChI=1S/C15H24N4O3S/c1-12(2)23(20,21)19-8-6-18(7-9-19)14-4-3-13-11-16-5-10-22-15(13)17-14/h3-4,12,16H,5-11H2,1-2H3. The quantitative estimate of drug-likeness (QED) is 0.860. The third-order valence-corrected chi connectivity index (χ3v) is 6.55. The molecule has 0 atom stereocenters. The molecule has 1 aromatic rings. The Balaban J connectivity index is 1.70. The van der Waals surface area contributed by atoms with Gasteiger partial charge in [0.1, 0.15) is 12.4 Å². The molecule has 2 aliphatic heterocycles. The van der Waals surface area contributed by atoms with Crippen LogP contribution in [0, 0.1) is 0 Å². The molecule has 8 heteroatoms. The Morgan fingerprint density at radius 2 is 1.96 bits per heavy atom. The van der Waals surface area contributed by atoms with Gasteiger partial charge in [0.2, 0.25) is 15.9 Å². The van der Waals surface area contributed by atoms with Crippen LogP contribution in [-0.2, 0) is 16.6 Å². The van der Waals surface area contributed by atoms with Crippen molar-refractivity contribution >= 4 is 15.8 Å². The molecule has 0 saturated carbocycles. The van der Waals surface area contributed by atoms with E-state index in [1.54, 1.807) is 18.2 Å². The zero-order valence-electron chi connectivity index (χ0n) is 13.7. The van der Waals surface area contributed by atoms with Crippen molar-refractivity contribution in [3.8, 4) is 5.88 Å². The summed E-state index contributed by atoms with van der Waals surface area (Å²) in [7, 11) is -3.17. The van der Waals surface area contributed by atoms with Gasteiger partial charge in [0.15, 0.2) is 0 Å². The van der Waals surface area contributed by atoms with E-state index >= 15 is 0 Å². The number of ether oxygens (including phenoxy) is 1. The molecule has 2 aliphatic rings. The predicted molar refractivity (Wildman–Crippen MR) is 89.3 cm³/mol. The van der Waals surface area contributed by atoms with Crippen LogP contribution in [0.1, 0.15) is 19.4 Å². The Morgan fingerprint density at radius 1 is 1.22 bits per heavy atom. The van der Waals surface area contributed by atoms with E-state index in [2.05, 4.69) is 15.2 Å². The molecule has 0 radical (unpaired) electrons. The van der Waals surface area contributed by atoms with Gasteiger partial charge in [-0.3, -0.25) is 0 Å². The summed E-state index contributed by atoms with van der Waals surface area (Å²) in [4.78, 5) is 6.73. The Morgan fingerprint density at radius 3 is 2.65 bits per heavy atom. The summed E-state index contributed by atoms with van der Waals surface area (Å²) < 4.78 is 31.7. The molecule has 7 nitrogen and oxygen atoms in total. The van der Waals surface area contributed by atoms with Gasteiger partial charge in [0.05, 0.1) is 5.25 Å². The van der Waals surface area contributed by atoms with E-state index in [0.717, 1.165) is 24.5 Å². The Bertz CT molecular complexity index is 655. The van der Waals surface area contributed by atoms with E-state index in [-0.39, 0.29) is 5.25 Å². The van der Waals surface area contributed by atoms with Crippen molar-refractivity contribution in [2.24, 2.45) is 0 Å². The number of nitrogens with zero attached hydrogens (tertiary/aromatic N) is 3. The molecule has 0 bridgehead atoms. The van der Waals surface area contributed by atoms with Gasteiger partial charge < -0.3 is 15.0 Å². The number of hydrogen-bond acceptors (Lipinski definition) is 6. The highest BCUT2D eigenvalue weighted by Crippen LogP contribution is 2.24. The van der Waals surface area contributed by atoms with Crippen molar-refractivity contribution < 1.29 is 13.2 Å². The van der Waals surface area contributed by atoms with Crippen molar-refractivity contribution in [2.45, 2.75) is 25.6 Å². The Kier molecular flexibility index (Phi) is 4.74. The second kappa shape index (κ2) is 6.62. The Hall–Kier alpha value is -1.38. The molecule has 0 unspecified atom stereocenters. The van der Waals surface area contributed by atoms with Crippen molar-refractivity contribution in [3.05, 3.63) is 17.7 Å². The fourth-order valence-electron chi connectivity index (χ4n) is 2.81. The lowest BCUT2D eigenvalue weighted by atomic mass is 10.2. The highest BCUT2D eigenvalue weighted by Gasteiger charge is 2.29. The first-order valence-corrected chi connectivity index (χ1v) is 9.56. The van der Waals surface area contributed by atoms with E-state index in [0.29, 0.717) is 38.7 Å². The third kappa shape index (κ3) is 3.44. The highest BCUT2D eigenvalue weighted by atomic mass is 32.2. The average molecular weight is 340 g/mol. The molecule has 1 N–H and O–H groups in total. The summed E-state index contributed by atoms with van der Waals surface area (Å²) in [6, 6.07) is 4.02. The van der Waals surface area contributed by atoms with E-state index in [1.807, 2.05) is 12.1 Å². The summed E-state index contributed by atoms with van der Waals surface area (Å²) in [5.41, 5.74) is 1.06. The molecular formula is C15H24N4O3S. The molecule has 0 amide bonds. The molecule has 1 saturated heterocycles. The lowest BCUT2D eigenvalue weighted by Gasteiger charge is -2.35. The van der Waals surface area contributed by atoms with Crippen LogP contribution in [0.15, 0.2) is 12.1 Å². The fraction of sp³-hybridized carbons (Fsp3) is 0.667. The molecule has 3 heterocycles. The molecule has 0 spiro atoms. The topological polar surface area (TPSA) is 74.8 Å². The van der Waals surface area contributed by atoms with Gasteiger partial charge in [-0.05, 0) is 26.0 Å². The lowest BCUT2D eigenvalue weighted by molar-refractivity contribution is 0.313. The van der Waals surface area contributed by atoms with Crippen LogP contribution in [0.3, 0.4) is 0 Å². The molecule has 1 fully saturated rings. The van der Waals surface area contributed by atoms with Gasteiger partial charge in [-0.15, -0.1) is 0 Å². The highest BCUT2D eigenvalue weighted by molar-refractivity contribution is 7.89. The van der Waals surface area contributed by atoms with Gasteiger partial charge in [-0.25, -0.2) is 8.42 Å². The summed E-state index contributed by atoms with van der Waals surface area (Å²) >= 11 is 0. The van der Waals surface area contributed by atoms with Gasteiger partial charge in [-0.1, -0.05) is 0 Å². The number of anilines is 1. The first-order valence-electron chi connectivity index (χ1n) is 8.06. The maximum atomic E-state index is 12.2. The summed E-state index contributed by atoms with van der Waals surface area (Å²) in [5, 5.41) is 2.91. The SMILES string of the molecule is CC(C)S(=O)(=O)N1CCN(c2ccc3c(n2)OCCNC3)CC1. The van der Waals surface area contributed by atoms with Crippen LogP contribution in [0.25, 0.3) is 0 Å². The van der Waals surface area contributed by atoms with Gasteiger partial charge in [-0.2, -0.15) is 9.29 Å². The minimum atomic E-state index is -3.17. The number of nitrogens with one attached hydrogen (secondary N) is 1. The zero-order chi connectivity index (χ0) is 16.4. The molecule has 3 rings (SSSR count). The van der Waals surface area contributed by atoms with Crippen LogP contribution < -0.4 is 15.0 Å². The molecule has 23 heavy (non-hydrogen) atoms. The van der Waals surface area contributed by atoms with Gasteiger partial charge >= 0.3 is 0 Å². The number of fused-ring (bicyclic) bond motifs is 1. The predicted octanol–water partition coefficient (Wildman–Crippen LogP) is 0.424. The second-order valence-electron chi connectivity index (χ2n) is 6.14. The van der Waals surface area contributed by atoms with Crippen LogP contribution in [-0.4, -0.2) is 62.3 Å². The first-order chi connectivity index (χ1) is 11.0. The van der Waals surface area contributed by atoms with Crippen LogP contribution in [0.2, 0.25) is 0 Å². The minimum absolute atomic E-state index is 0.374. The van der Waals surface area contributed by atoms with Gasteiger partial charge in [0, 0.05) is 44.8 Å². The summed E-state index contributed by atoms with van der Waals surface area (Å²) in [6.07, 6.45) is 0. The minimum Gasteiger partial charge on any atom is -0.476 e. The fourth-order valence-corrected chi connectivity index (χ4v) is 4.08. The summed E-state index contributed by atoms with van der Waals surface area (Å²) in [5.74, 6) is 1.54. The molecule has 128 valence electrons. The monoisotopic (exact) mass is 340 g/mol. The number of rotatable bonds is 3. The van der Waals surface area contributed by atoms with Gasteiger partial charge in [0.25, 0.3) is 0 Å². The maximum absolute atomic E-state index is 12.2. The normalized spacial score (nSPS) is 20.0. The van der Waals surface area contributed by atoms with Crippen LogP contribution in [0.5, 0.6) is 5.88 Å². The second-order valence-corrected chi connectivity index (χ2v) is 8.63. The first kappa shape index (κ1) is 16.5.